The molecule has 0 aliphatic heterocycles. The minimum Gasteiger partial charge on any atom is -0.491 e. The van der Waals surface area contributed by atoms with E-state index in [4.69, 9.17) is 10.5 Å². The van der Waals surface area contributed by atoms with Gasteiger partial charge >= 0.3 is 0 Å². The fourth-order valence-electron chi connectivity index (χ4n) is 2.09. The highest BCUT2D eigenvalue weighted by molar-refractivity contribution is 5.65. The Kier molecular flexibility index (Phi) is 4.51. The third kappa shape index (κ3) is 3.44. The second-order valence-corrected chi connectivity index (χ2v) is 5.06. The second kappa shape index (κ2) is 6.33. The SMILES string of the molecule is Cc1cc(C)c(OCCNc2ccccc2N)cc1C. The summed E-state index contributed by atoms with van der Waals surface area (Å²) in [5.41, 5.74) is 11.3. The summed E-state index contributed by atoms with van der Waals surface area (Å²) in [7, 11) is 0. The number of nitrogen functional groups attached to an aromatic ring is 1. The molecule has 0 bridgehead atoms. The number of hydrogen-bond donors (Lipinski definition) is 2. The van der Waals surface area contributed by atoms with E-state index in [1.165, 1.54) is 16.7 Å². The average Bonchev–Trinajstić information content (AvgIpc) is 2.42. The van der Waals surface area contributed by atoms with Gasteiger partial charge < -0.3 is 15.8 Å². The van der Waals surface area contributed by atoms with E-state index in [0.29, 0.717) is 6.61 Å². The molecular formula is C17H22N2O. The highest BCUT2D eigenvalue weighted by atomic mass is 16.5. The van der Waals surface area contributed by atoms with Gasteiger partial charge in [0.15, 0.2) is 0 Å². The highest BCUT2D eigenvalue weighted by Gasteiger charge is 2.03. The Labute approximate surface area is 120 Å². The molecule has 3 N–H and O–H groups in total. The topological polar surface area (TPSA) is 47.3 Å². The summed E-state index contributed by atoms with van der Waals surface area (Å²) in [5.74, 6) is 0.955. The van der Waals surface area contributed by atoms with Crippen LogP contribution < -0.4 is 15.8 Å². The summed E-state index contributed by atoms with van der Waals surface area (Å²) >= 11 is 0. The molecule has 0 atom stereocenters. The Balaban J connectivity index is 1.88. The lowest BCUT2D eigenvalue weighted by Crippen LogP contribution is -2.13. The van der Waals surface area contributed by atoms with Crippen molar-refractivity contribution in [2.45, 2.75) is 20.8 Å². The molecule has 0 saturated heterocycles. The zero-order chi connectivity index (χ0) is 14.5. The van der Waals surface area contributed by atoms with E-state index in [1.807, 2.05) is 24.3 Å². The molecule has 106 valence electrons. The molecule has 2 aromatic carbocycles. The fraction of sp³-hybridized carbons (Fsp3) is 0.294. The van der Waals surface area contributed by atoms with Gasteiger partial charge in [-0.2, -0.15) is 0 Å². The lowest BCUT2D eigenvalue weighted by Gasteiger charge is -2.13. The molecule has 20 heavy (non-hydrogen) atoms. The van der Waals surface area contributed by atoms with Crippen molar-refractivity contribution in [3.8, 4) is 5.75 Å². The first kappa shape index (κ1) is 14.3. The van der Waals surface area contributed by atoms with Crippen LogP contribution >= 0.6 is 0 Å². The van der Waals surface area contributed by atoms with Crippen LogP contribution in [-0.4, -0.2) is 13.2 Å². The quantitative estimate of drug-likeness (QED) is 0.643. The van der Waals surface area contributed by atoms with Gasteiger partial charge in [-0.05, 0) is 55.7 Å². The van der Waals surface area contributed by atoms with E-state index in [0.717, 1.165) is 23.7 Å². The largest absolute Gasteiger partial charge is 0.491 e. The molecular weight excluding hydrogens is 248 g/mol. The lowest BCUT2D eigenvalue weighted by molar-refractivity contribution is 0.330. The average molecular weight is 270 g/mol. The molecule has 3 nitrogen and oxygen atoms in total. The molecule has 0 fully saturated rings. The molecule has 0 unspecified atom stereocenters. The van der Waals surface area contributed by atoms with Crippen molar-refractivity contribution in [1.82, 2.24) is 0 Å². The van der Waals surface area contributed by atoms with Crippen LogP contribution in [0.2, 0.25) is 0 Å². The third-order valence-corrected chi connectivity index (χ3v) is 3.43. The molecule has 0 aliphatic rings. The van der Waals surface area contributed by atoms with Crippen molar-refractivity contribution in [2.24, 2.45) is 0 Å². The number of aryl methyl sites for hydroxylation is 3. The molecule has 0 saturated carbocycles. The van der Waals surface area contributed by atoms with Crippen LogP contribution in [0.25, 0.3) is 0 Å². The van der Waals surface area contributed by atoms with Gasteiger partial charge in [-0.3, -0.25) is 0 Å². The number of anilines is 2. The number of hydrogen-bond acceptors (Lipinski definition) is 3. The summed E-state index contributed by atoms with van der Waals surface area (Å²) in [6.07, 6.45) is 0. The lowest BCUT2D eigenvalue weighted by atomic mass is 10.1. The summed E-state index contributed by atoms with van der Waals surface area (Å²) in [6, 6.07) is 12.0. The minimum atomic E-state index is 0.609. The first-order valence-corrected chi connectivity index (χ1v) is 6.87. The van der Waals surface area contributed by atoms with Gasteiger partial charge in [0.05, 0.1) is 11.4 Å². The number of nitrogens with two attached hydrogens (primary N) is 1. The highest BCUT2D eigenvalue weighted by Crippen LogP contribution is 2.22. The molecule has 2 rings (SSSR count). The predicted octanol–water partition coefficient (Wildman–Crippen LogP) is 3.68. The Morgan fingerprint density at radius 1 is 1.00 bits per heavy atom. The number of ether oxygens (including phenoxy) is 1. The van der Waals surface area contributed by atoms with Crippen LogP contribution in [0.3, 0.4) is 0 Å². The van der Waals surface area contributed by atoms with Crippen molar-refractivity contribution in [3.63, 3.8) is 0 Å². The standard InChI is InChI=1S/C17H22N2O/c1-12-10-14(3)17(11-13(12)2)20-9-8-19-16-7-5-4-6-15(16)18/h4-7,10-11,19H,8-9,18H2,1-3H3. The first-order chi connectivity index (χ1) is 9.58. The van der Waals surface area contributed by atoms with Crippen LogP contribution in [0.5, 0.6) is 5.75 Å². The van der Waals surface area contributed by atoms with Gasteiger partial charge in [0.1, 0.15) is 12.4 Å². The van der Waals surface area contributed by atoms with Crippen LogP contribution in [0, 0.1) is 20.8 Å². The Morgan fingerprint density at radius 3 is 2.45 bits per heavy atom. The number of para-hydroxylation sites is 2. The second-order valence-electron chi connectivity index (χ2n) is 5.06. The van der Waals surface area contributed by atoms with E-state index in [-0.39, 0.29) is 0 Å². The zero-order valence-electron chi connectivity index (χ0n) is 12.4. The van der Waals surface area contributed by atoms with E-state index in [1.54, 1.807) is 0 Å². The number of benzene rings is 2. The summed E-state index contributed by atoms with van der Waals surface area (Å²) in [6.45, 7) is 7.62. The van der Waals surface area contributed by atoms with Crippen molar-refractivity contribution in [3.05, 3.63) is 53.1 Å². The molecule has 3 heteroatoms. The molecule has 2 aromatic rings. The Bertz CT molecular complexity index is 594. The number of nitrogens with one attached hydrogen (secondary N) is 1. The van der Waals surface area contributed by atoms with Crippen LogP contribution in [0.15, 0.2) is 36.4 Å². The van der Waals surface area contributed by atoms with Gasteiger partial charge in [-0.1, -0.05) is 18.2 Å². The van der Waals surface area contributed by atoms with Gasteiger partial charge in [0.25, 0.3) is 0 Å². The maximum atomic E-state index is 5.87. The normalized spacial score (nSPS) is 10.3. The molecule has 0 heterocycles. The van der Waals surface area contributed by atoms with Crippen molar-refractivity contribution in [1.29, 1.82) is 0 Å². The zero-order valence-corrected chi connectivity index (χ0v) is 12.4. The van der Waals surface area contributed by atoms with Crippen LogP contribution in [0.1, 0.15) is 16.7 Å². The van der Waals surface area contributed by atoms with Gasteiger partial charge in [-0.15, -0.1) is 0 Å². The van der Waals surface area contributed by atoms with E-state index in [9.17, 15) is 0 Å². The summed E-state index contributed by atoms with van der Waals surface area (Å²) < 4.78 is 5.83. The summed E-state index contributed by atoms with van der Waals surface area (Å²) in [5, 5.41) is 3.28. The number of rotatable bonds is 5. The predicted molar refractivity (Wildman–Crippen MR) is 85.5 cm³/mol. The minimum absolute atomic E-state index is 0.609. The molecule has 0 spiro atoms. The molecule has 0 amide bonds. The Hall–Kier alpha value is -2.16. The van der Waals surface area contributed by atoms with Gasteiger partial charge in [-0.25, -0.2) is 0 Å². The Morgan fingerprint density at radius 2 is 1.70 bits per heavy atom. The molecule has 0 radical (unpaired) electrons. The van der Waals surface area contributed by atoms with E-state index >= 15 is 0 Å². The van der Waals surface area contributed by atoms with Crippen LogP contribution in [-0.2, 0) is 0 Å². The van der Waals surface area contributed by atoms with E-state index in [2.05, 4.69) is 38.2 Å². The van der Waals surface area contributed by atoms with Gasteiger partial charge in [0, 0.05) is 6.54 Å². The molecule has 0 aliphatic carbocycles. The maximum Gasteiger partial charge on any atom is 0.122 e. The third-order valence-electron chi connectivity index (χ3n) is 3.43. The van der Waals surface area contributed by atoms with Gasteiger partial charge in [0.2, 0.25) is 0 Å². The summed E-state index contributed by atoms with van der Waals surface area (Å²) in [4.78, 5) is 0. The van der Waals surface area contributed by atoms with Crippen molar-refractivity contribution in [2.75, 3.05) is 24.2 Å². The first-order valence-electron chi connectivity index (χ1n) is 6.87. The maximum absolute atomic E-state index is 5.87. The fourth-order valence-corrected chi connectivity index (χ4v) is 2.09. The van der Waals surface area contributed by atoms with Crippen molar-refractivity contribution < 1.29 is 4.74 Å². The smallest absolute Gasteiger partial charge is 0.122 e. The van der Waals surface area contributed by atoms with Crippen molar-refractivity contribution >= 4 is 11.4 Å². The van der Waals surface area contributed by atoms with E-state index < -0.39 is 0 Å². The van der Waals surface area contributed by atoms with Crippen LogP contribution in [0.4, 0.5) is 11.4 Å². The molecule has 0 aromatic heterocycles. The monoisotopic (exact) mass is 270 g/mol.